The van der Waals surface area contributed by atoms with Crippen LogP contribution in [0.2, 0.25) is 0 Å². The Hall–Kier alpha value is -1.97. The topological polar surface area (TPSA) is 86.4 Å². The number of ether oxygens (including phenoxy) is 1. The molecule has 1 saturated heterocycles. The average molecular weight is 423 g/mol. The Bertz CT molecular complexity index is 1020. The number of hydrogen-bond donors (Lipinski definition) is 0. The van der Waals surface area contributed by atoms with E-state index >= 15 is 0 Å². The van der Waals surface area contributed by atoms with E-state index in [1.54, 1.807) is 28.1 Å². The molecule has 8 nitrogen and oxygen atoms in total. The fourth-order valence-electron chi connectivity index (χ4n) is 3.76. The molecule has 0 amide bonds. The molecule has 0 atom stereocenters. The van der Waals surface area contributed by atoms with Crippen molar-refractivity contribution in [1.82, 2.24) is 18.7 Å². The first-order valence-electron chi connectivity index (χ1n) is 10.0. The van der Waals surface area contributed by atoms with E-state index in [-0.39, 0.29) is 11.6 Å². The number of sulfonamides is 1. The van der Waals surface area contributed by atoms with Gasteiger partial charge in [0.05, 0.1) is 18.0 Å². The van der Waals surface area contributed by atoms with Gasteiger partial charge in [0, 0.05) is 32.7 Å². The van der Waals surface area contributed by atoms with Crippen LogP contribution >= 0.6 is 0 Å². The Morgan fingerprint density at radius 1 is 1.17 bits per heavy atom. The lowest BCUT2D eigenvalue weighted by Gasteiger charge is -2.30. The van der Waals surface area contributed by atoms with E-state index in [2.05, 4.69) is 5.10 Å². The normalized spacial score (nSPS) is 16.4. The molecule has 0 saturated carbocycles. The molecule has 0 N–H and O–H groups in total. The first kappa shape index (κ1) is 21.7. The highest BCUT2D eigenvalue weighted by Gasteiger charge is 2.32. The van der Waals surface area contributed by atoms with Gasteiger partial charge in [-0.1, -0.05) is 6.07 Å². The Balaban J connectivity index is 1.76. The third kappa shape index (κ3) is 4.31. The lowest BCUT2D eigenvalue weighted by molar-refractivity contribution is 0.182. The summed E-state index contributed by atoms with van der Waals surface area (Å²) in [7, 11) is -1.92. The molecule has 160 valence electrons. The number of nitrogens with zero attached hydrogens (tertiary/aromatic N) is 4. The van der Waals surface area contributed by atoms with Crippen molar-refractivity contribution < 1.29 is 13.2 Å². The molecule has 1 fully saturated rings. The number of piperidine rings is 1. The summed E-state index contributed by atoms with van der Waals surface area (Å²) in [5.74, 6) is 0.814. The van der Waals surface area contributed by atoms with Gasteiger partial charge in [-0.25, -0.2) is 17.9 Å². The van der Waals surface area contributed by atoms with Crippen LogP contribution in [0.1, 0.15) is 42.6 Å². The molecule has 1 aliphatic rings. The summed E-state index contributed by atoms with van der Waals surface area (Å²) in [5.41, 5.74) is 1.91. The second-order valence-corrected chi connectivity index (χ2v) is 9.46. The standard InChI is InChI=1S/C20H30N4O4S/c1-5-23-19(21-24(20(23)25)12-13-28-4)17-8-10-22(11-9-17)29(26,27)18-7-6-15(2)16(3)14-18/h6-7,14,17H,5,8-13H2,1-4H3. The van der Waals surface area contributed by atoms with Gasteiger partial charge < -0.3 is 4.74 Å². The van der Waals surface area contributed by atoms with Gasteiger partial charge in [-0.15, -0.1) is 0 Å². The molecule has 0 unspecified atom stereocenters. The monoisotopic (exact) mass is 422 g/mol. The molecule has 0 bridgehead atoms. The number of hydrogen-bond acceptors (Lipinski definition) is 5. The van der Waals surface area contributed by atoms with Crippen LogP contribution in [0.4, 0.5) is 0 Å². The zero-order valence-corrected chi connectivity index (χ0v) is 18.4. The molecule has 0 spiro atoms. The molecular weight excluding hydrogens is 392 g/mol. The van der Waals surface area contributed by atoms with Gasteiger partial charge in [0.25, 0.3) is 0 Å². The first-order chi connectivity index (χ1) is 13.8. The lowest BCUT2D eigenvalue weighted by atomic mass is 9.97. The first-order valence-corrected chi connectivity index (χ1v) is 11.5. The van der Waals surface area contributed by atoms with Crippen LogP contribution in [0.25, 0.3) is 0 Å². The molecule has 29 heavy (non-hydrogen) atoms. The Morgan fingerprint density at radius 2 is 1.86 bits per heavy atom. The van der Waals surface area contributed by atoms with Crippen molar-refractivity contribution in [2.24, 2.45) is 0 Å². The molecule has 0 aliphatic carbocycles. The van der Waals surface area contributed by atoms with Crippen molar-refractivity contribution in [3.63, 3.8) is 0 Å². The van der Waals surface area contributed by atoms with Gasteiger partial charge in [0.2, 0.25) is 10.0 Å². The molecule has 1 aliphatic heterocycles. The number of rotatable bonds is 7. The molecule has 2 aromatic rings. The van der Waals surface area contributed by atoms with Crippen molar-refractivity contribution in [2.75, 3.05) is 26.8 Å². The smallest absolute Gasteiger partial charge is 0.345 e. The summed E-state index contributed by atoms with van der Waals surface area (Å²) in [5, 5.41) is 4.53. The summed E-state index contributed by atoms with van der Waals surface area (Å²) in [6.07, 6.45) is 1.29. The molecule has 9 heteroatoms. The van der Waals surface area contributed by atoms with E-state index < -0.39 is 10.0 Å². The van der Waals surface area contributed by atoms with Crippen molar-refractivity contribution in [3.05, 3.63) is 45.6 Å². The van der Waals surface area contributed by atoms with Gasteiger partial charge in [-0.3, -0.25) is 4.57 Å². The van der Waals surface area contributed by atoms with Crippen LogP contribution in [0.15, 0.2) is 27.9 Å². The summed E-state index contributed by atoms with van der Waals surface area (Å²) in [6.45, 7) is 8.03. The van der Waals surface area contributed by atoms with E-state index in [0.29, 0.717) is 50.5 Å². The Morgan fingerprint density at radius 3 is 2.45 bits per heavy atom. The summed E-state index contributed by atoms with van der Waals surface area (Å²) in [6, 6.07) is 5.26. The number of aryl methyl sites for hydroxylation is 2. The predicted octanol–water partition coefficient (Wildman–Crippen LogP) is 1.90. The van der Waals surface area contributed by atoms with E-state index in [0.717, 1.165) is 17.0 Å². The van der Waals surface area contributed by atoms with E-state index in [9.17, 15) is 13.2 Å². The SMILES string of the molecule is CCn1c(C2CCN(S(=O)(=O)c3ccc(C)c(C)c3)CC2)nn(CCOC)c1=O. The maximum Gasteiger partial charge on any atom is 0.345 e. The fourth-order valence-corrected chi connectivity index (χ4v) is 5.31. The highest BCUT2D eigenvalue weighted by atomic mass is 32.2. The van der Waals surface area contributed by atoms with Crippen molar-refractivity contribution >= 4 is 10.0 Å². The van der Waals surface area contributed by atoms with Crippen molar-refractivity contribution in [1.29, 1.82) is 0 Å². The van der Waals surface area contributed by atoms with Crippen LogP contribution in [-0.4, -0.2) is 53.9 Å². The Kier molecular flexibility index (Phi) is 6.60. The van der Waals surface area contributed by atoms with Crippen LogP contribution in [0.5, 0.6) is 0 Å². The average Bonchev–Trinajstić information content (AvgIpc) is 3.03. The predicted molar refractivity (Wildman–Crippen MR) is 111 cm³/mol. The van der Waals surface area contributed by atoms with Crippen molar-refractivity contribution in [3.8, 4) is 0 Å². The minimum atomic E-state index is -3.51. The van der Waals surface area contributed by atoms with Gasteiger partial charge in [-0.2, -0.15) is 9.40 Å². The third-order valence-corrected chi connectivity index (χ3v) is 7.60. The van der Waals surface area contributed by atoms with Gasteiger partial charge in [0.1, 0.15) is 5.82 Å². The highest BCUT2D eigenvalue weighted by Crippen LogP contribution is 2.30. The zero-order valence-electron chi connectivity index (χ0n) is 17.6. The van der Waals surface area contributed by atoms with Crippen molar-refractivity contribution in [2.45, 2.75) is 57.5 Å². The molecule has 1 aromatic heterocycles. The zero-order chi connectivity index (χ0) is 21.2. The maximum atomic E-state index is 13.0. The molecule has 3 rings (SSSR count). The van der Waals surface area contributed by atoms with Crippen LogP contribution in [0.3, 0.4) is 0 Å². The summed E-state index contributed by atoms with van der Waals surface area (Å²) in [4.78, 5) is 12.9. The van der Waals surface area contributed by atoms with Gasteiger partial charge >= 0.3 is 5.69 Å². The maximum absolute atomic E-state index is 13.0. The van der Waals surface area contributed by atoms with Crippen LogP contribution in [0, 0.1) is 13.8 Å². The van der Waals surface area contributed by atoms with E-state index in [1.807, 2.05) is 26.8 Å². The van der Waals surface area contributed by atoms with Crippen LogP contribution in [-0.2, 0) is 27.8 Å². The largest absolute Gasteiger partial charge is 0.383 e. The second kappa shape index (κ2) is 8.81. The van der Waals surface area contributed by atoms with Gasteiger partial charge in [0.15, 0.2) is 0 Å². The van der Waals surface area contributed by atoms with Gasteiger partial charge in [-0.05, 0) is 56.9 Å². The minimum absolute atomic E-state index is 0.0673. The third-order valence-electron chi connectivity index (χ3n) is 5.71. The fraction of sp³-hybridized carbons (Fsp3) is 0.600. The minimum Gasteiger partial charge on any atom is -0.383 e. The lowest BCUT2D eigenvalue weighted by Crippen LogP contribution is -2.38. The molecule has 0 radical (unpaired) electrons. The molecule has 1 aromatic carbocycles. The second-order valence-electron chi connectivity index (χ2n) is 7.53. The number of aromatic nitrogens is 3. The Labute approximate surface area is 172 Å². The van der Waals surface area contributed by atoms with E-state index in [1.165, 1.54) is 4.68 Å². The molecule has 2 heterocycles. The highest BCUT2D eigenvalue weighted by molar-refractivity contribution is 7.89. The number of methoxy groups -OCH3 is 1. The van der Waals surface area contributed by atoms with Crippen LogP contribution < -0.4 is 5.69 Å². The summed E-state index contributed by atoms with van der Waals surface area (Å²) >= 11 is 0. The summed E-state index contributed by atoms with van der Waals surface area (Å²) < 4.78 is 35.8. The number of benzene rings is 1. The molecular formula is C20H30N4O4S. The quantitative estimate of drug-likeness (QED) is 0.680. The van der Waals surface area contributed by atoms with E-state index in [4.69, 9.17) is 4.74 Å².